The minimum absolute atomic E-state index is 0.173. The van der Waals surface area contributed by atoms with E-state index in [1.807, 2.05) is 0 Å². The molecule has 0 aliphatic rings. The van der Waals surface area contributed by atoms with Gasteiger partial charge in [0.25, 0.3) is 0 Å². The van der Waals surface area contributed by atoms with Crippen molar-refractivity contribution in [2.24, 2.45) is 5.92 Å². The lowest BCUT2D eigenvalue weighted by atomic mass is 9.94. The molecule has 0 bridgehead atoms. The molecule has 0 saturated heterocycles. The molecular formula is C27H29F6N3O6S. The summed E-state index contributed by atoms with van der Waals surface area (Å²) in [4.78, 5) is 29.3. The van der Waals surface area contributed by atoms with Crippen LogP contribution < -0.4 is 0 Å². The van der Waals surface area contributed by atoms with E-state index < -0.39 is 85.8 Å². The standard InChI is InChI=1S/C27H29F6N3O6S/c1-6-41-24(38)18-12-17(27(31,32)33)13-34-19(18)10-15(23(37)42-25(3,4)5)11-20-22(43(39,40)7-2)21-9-8-16(26(28,29)30)14-36(21)35-20/h8-9,12-15H,6-7,10-11H2,1-5H3. The van der Waals surface area contributed by atoms with Gasteiger partial charge in [0.2, 0.25) is 0 Å². The van der Waals surface area contributed by atoms with Gasteiger partial charge in [-0.15, -0.1) is 0 Å². The van der Waals surface area contributed by atoms with Gasteiger partial charge in [-0.1, -0.05) is 6.92 Å². The highest BCUT2D eigenvalue weighted by molar-refractivity contribution is 7.91. The summed E-state index contributed by atoms with van der Waals surface area (Å²) in [6.45, 7) is 7.20. The summed E-state index contributed by atoms with van der Waals surface area (Å²) >= 11 is 0. The first-order valence-electron chi connectivity index (χ1n) is 12.9. The van der Waals surface area contributed by atoms with Gasteiger partial charge in [-0.05, 0) is 45.9 Å². The van der Waals surface area contributed by atoms with Crippen molar-refractivity contribution in [3.63, 3.8) is 0 Å². The topological polar surface area (TPSA) is 117 Å². The first-order valence-corrected chi connectivity index (χ1v) is 14.6. The maximum atomic E-state index is 13.4. The van der Waals surface area contributed by atoms with Crippen LogP contribution in [0.15, 0.2) is 35.5 Å². The molecule has 16 heteroatoms. The van der Waals surface area contributed by atoms with Crippen molar-refractivity contribution >= 4 is 27.3 Å². The van der Waals surface area contributed by atoms with Gasteiger partial charge in [0, 0.05) is 25.2 Å². The summed E-state index contributed by atoms with van der Waals surface area (Å²) in [5.74, 6) is -3.90. The Morgan fingerprint density at radius 3 is 2.09 bits per heavy atom. The third-order valence-corrected chi connectivity index (χ3v) is 7.91. The number of sulfone groups is 1. The molecule has 236 valence electrons. The third-order valence-electron chi connectivity index (χ3n) is 6.08. The number of hydrogen-bond acceptors (Lipinski definition) is 8. The van der Waals surface area contributed by atoms with Crippen LogP contribution in [0.2, 0.25) is 0 Å². The van der Waals surface area contributed by atoms with Crippen LogP contribution in [0.4, 0.5) is 26.3 Å². The van der Waals surface area contributed by atoms with Crippen LogP contribution in [0, 0.1) is 5.92 Å². The maximum absolute atomic E-state index is 13.4. The maximum Gasteiger partial charge on any atom is 0.417 e. The number of rotatable bonds is 9. The fourth-order valence-corrected chi connectivity index (χ4v) is 5.40. The summed E-state index contributed by atoms with van der Waals surface area (Å²) in [6, 6.07) is 2.17. The van der Waals surface area contributed by atoms with E-state index >= 15 is 0 Å². The largest absolute Gasteiger partial charge is 0.462 e. The van der Waals surface area contributed by atoms with Gasteiger partial charge in [-0.25, -0.2) is 17.7 Å². The molecule has 0 spiro atoms. The highest BCUT2D eigenvalue weighted by Crippen LogP contribution is 2.34. The van der Waals surface area contributed by atoms with Gasteiger partial charge in [0.15, 0.2) is 9.84 Å². The molecule has 0 aliphatic heterocycles. The van der Waals surface area contributed by atoms with Crippen LogP contribution in [0.3, 0.4) is 0 Å². The number of ether oxygens (including phenoxy) is 2. The van der Waals surface area contributed by atoms with Crippen LogP contribution in [0.1, 0.15) is 67.5 Å². The van der Waals surface area contributed by atoms with Gasteiger partial charge >= 0.3 is 24.3 Å². The van der Waals surface area contributed by atoms with Crippen molar-refractivity contribution in [1.82, 2.24) is 14.6 Å². The zero-order valence-electron chi connectivity index (χ0n) is 23.8. The highest BCUT2D eigenvalue weighted by atomic mass is 32.2. The summed E-state index contributed by atoms with van der Waals surface area (Å²) in [6.07, 6.45) is -9.59. The molecule has 1 atom stereocenters. The fourth-order valence-electron chi connectivity index (χ4n) is 4.15. The average Bonchev–Trinajstić information content (AvgIpc) is 3.24. The predicted octanol–water partition coefficient (Wildman–Crippen LogP) is 5.48. The third kappa shape index (κ3) is 8.03. The van der Waals surface area contributed by atoms with E-state index in [4.69, 9.17) is 9.47 Å². The number of alkyl halides is 6. The van der Waals surface area contributed by atoms with Gasteiger partial charge < -0.3 is 9.47 Å². The number of hydrogen-bond donors (Lipinski definition) is 0. The molecular weight excluding hydrogens is 608 g/mol. The molecule has 9 nitrogen and oxygen atoms in total. The van der Waals surface area contributed by atoms with Crippen LogP contribution in [-0.4, -0.2) is 52.9 Å². The monoisotopic (exact) mass is 637 g/mol. The van der Waals surface area contributed by atoms with Crippen molar-refractivity contribution in [1.29, 1.82) is 0 Å². The molecule has 0 saturated carbocycles. The smallest absolute Gasteiger partial charge is 0.417 e. The van der Waals surface area contributed by atoms with Crippen LogP contribution in [0.5, 0.6) is 0 Å². The zero-order chi connectivity index (χ0) is 32.5. The molecule has 0 radical (unpaired) electrons. The molecule has 0 amide bonds. The van der Waals surface area contributed by atoms with Crippen molar-refractivity contribution in [2.75, 3.05) is 12.4 Å². The quantitative estimate of drug-likeness (QED) is 0.224. The van der Waals surface area contributed by atoms with Gasteiger partial charge in [0.05, 0.1) is 51.9 Å². The molecule has 0 fully saturated rings. The number of carbonyl (C=O) groups is 2. The van der Waals surface area contributed by atoms with E-state index in [0.717, 1.165) is 10.6 Å². The van der Waals surface area contributed by atoms with Crippen molar-refractivity contribution in [2.45, 2.75) is 70.3 Å². The lowest BCUT2D eigenvalue weighted by Crippen LogP contribution is -2.32. The Labute approximate surface area is 243 Å². The normalized spacial score (nSPS) is 13.7. The molecule has 0 aromatic carbocycles. The van der Waals surface area contributed by atoms with E-state index in [9.17, 15) is 44.3 Å². The van der Waals surface area contributed by atoms with Crippen LogP contribution >= 0.6 is 0 Å². The van der Waals surface area contributed by atoms with Crippen molar-refractivity contribution < 1.29 is 53.8 Å². The Morgan fingerprint density at radius 2 is 1.56 bits per heavy atom. The van der Waals surface area contributed by atoms with E-state index in [0.29, 0.717) is 24.5 Å². The fraction of sp³-hybridized carbons (Fsp3) is 0.481. The first kappa shape index (κ1) is 33.8. The van der Waals surface area contributed by atoms with Crippen molar-refractivity contribution in [3.05, 3.63) is 58.7 Å². The number of pyridine rings is 2. The summed E-state index contributed by atoms with van der Waals surface area (Å²) in [5, 5.41) is 4.06. The predicted molar refractivity (Wildman–Crippen MR) is 140 cm³/mol. The van der Waals surface area contributed by atoms with Crippen LogP contribution in [0.25, 0.3) is 5.52 Å². The Kier molecular flexibility index (Phi) is 9.54. The second-order valence-corrected chi connectivity index (χ2v) is 12.7. The Hall–Kier alpha value is -3.69. The Bertz CT molecular complexity index is 1620. The number of esters is 2. The molecule has 3 rings (SSSR count). The number of halogens is 6. The summed E-state index contributed by atoms with van der Waals surface area (Å²) in [7, 11) is -4.12. The lowest BCUT2D eigenvalue weighted by molar-refractivity contribution is -0.160. The second-order valence-electron chi connectivity index (χ2n) is 10.5. The SMILES string of the molecule is CCOC(=O)c1cc(C(F)(F)F)cnc1CC(Cc1nn2cc(C(F)(F)F)ccc2c1S(=O)(=O)CC)C(=O)OC(C)(C)C. The first-order chi connectivity index (χ1) is 19.7. The van der Waals surface area contributed by atoms with E-state index in [-0.39, 0.29) is 23.5 Å². The number of aromatic nitrogens is 3. The molecule has 3 aromatic heterocycles. The van der Waals surface area contributed by atoms with Crippen LogP contribution in [-0.2, 0) is 49.3 Å². The molecule has 3 heterocycles. The minimum Gasteiger partial charge on any atom is -0.462 e. The molecule has 0 N–H and O–H groups in total. The van der Waals surface area contributed by atoms with Crippen molar-refractivity contribution in [3.8, 4) is 0 Å². The Morgan fingerprint density at radius 1 is 0.953 bits per heavy atom. The summed E-state index contributed by atoms with van der Waals surface area (Å²) in [5.41, 5.74) is -4.71. The summed E-state index contributed by atoms with van der Waals surface area (Å²) < 4.78 is 118. The molecule has 43 heavy (non-hydrogen) atoms. The molecule has 1 unspecified atom stereocenters. The Balaban J connectivity index is 2.21. The highest BCUT2D eigenvalue weighted by Gasteiger charge is 2.36. The van der Waals surface area contributed by atoms with E-state index in [1.54, 1.807) is 20.8 Å². The average molecular weight is 638 g/mol. The van der Waals surface area contributed by atoms with E-state index in [2.05, 4.69) is 10.1 Å². The van der Waals surface area contributed by atoms with Gasteiger partial charge in [-0.2, -0.15) is 31.4 Å². The number of fused-ring (bicyclic) bond motifs is 1. The number of carbonyl (C=O) groups excluding carboxylic acids is 2. The zero-order valence-corrected chi connectivity index (χ0v) is 24.6. The van der Waals surface area contributed by atoms with Gasteiger partial charge in [0.1, 0.15) is 10.5 Å². The molecule has 3 aromatic rings. The number of nitrogens with zero attached hydrogens (tertiary/aromatic N) is 3. The minimum atomic E-state index is -4.85. The lowest BCUT2D eigenvalue weighted by Gasteiger charge is -2.24. The second kappa shape index (κ2) is 12.1. The van der Waals surface area contributed by atoms with E-state index in [1.165, 1.54) is 13.8 Å². The molecule has 0 aliphatic carbocycles. The van der Waals surface area contributed by atoms with Gasteiger partial charge in [-0.3, -0.25) is 9.78 Å².